The highest BCUT2D eigenvalue weighted by atomic mass is 35.5. The fourth-order valence-corrected chi connectivity index (χ4v) is 5.35. The Balaban J connectivity index is 1.74. The molecular formula is C26H28Cl2N4O3. The lowest BCUT2D eigenvalue weighted by atomic mass is 9.81. The summed E-state index contributed by atoms with van der Waals surface area (Å²) in [7, 11) is 7.09. The topological polar surface area (TPSA) is 79.5 Å². The van der Waals surface area contributed by atoms with Crippen LogP contribution in [0.4, 0.5) is 11.4 Å². The smallest absolute Gasteiger partial charge is 0.247 e. The van der Waals surface area contributed by atoms with Gasteiger partial charge in [-0.2, -0.15) is 5.10 Å². The van der Waals surface area contributed by atoms with Crippen molar-refractivity contribution in [3.63, 3.8) is 0 Å². The molecule has 4 rings (SSSR count). The third kappa shape index (κ3) is 4.70. The van der Waals surface area contributed by atoms with Crippen molar-refractivity contribution in [3.05, 3.63) is 63.8 Å². The van der Waals surface area contributed by atoms with Crippen molar-refractivity contribution in [2.75, 3.05) is 38.5 Å². The zero-order valence-corrected chi connectivity index (χ0v) is 21.7. The van der Waals surface area contributed by atoms with E-state index in [4.69, 9.17) is 32.7 Å². The summed E-state index contributed by atoms with van der Waals surface area (Å²) in [5.74, 6) is 0.849. The number of methoxy groups -OCH3 is 2. The Hall–Kier alpha value is -3.16. The number of benzene rings is 2. The van der Waals surface area contributed by atoms with E-state index in [-0.39, 0.29) is 11.8 Å². The first kappa shape index (κ1) is 24.9. The molecule has 9 heteroatoms. The number of rotatable bonds is 7. The molecule has 1 aliphatic rings. The Kier molecular flexibility index (Phi) is 7.28. The maximum Gasteiger partial charge on any atom is 0.247 e. The van der Waals surface area contributed by atoms with Crippen molar-refractivity contribution in [2.24, 2.45) is 0 Å². The summed E-state index contributed by atoms with van der Waals surface area (Å²) in [6, 6.07) is 7.58. The van der Waals surface area contributed by atoms with Crippen molar-refractivity contribution in [1.82, 2.24) is 10.2 Å². The number of anilines is 2. The van der Waals surface area contributed by atoms with E-state index in [0.717, 1.165) is 46.6 Å². The standard InChI is InChI=1S/C26H28Cl2N4O3/c1-6-22(33)29-18-10-8-15(32(2)3)12-17(18)26-16-9-7-14(11-19(16)30-31-26)23-24(27)20(34-4)13-21(35-5)25(23)28/h6,8,10,12-14H,1,7,9,11H2,2-5H3,(H,29,33)(H,30,31). The van der Waals surface area contributed by atoms with E-state index in [1.54, 1.807) is 20.3 Å². The van der Waals surface area contributed by atoms with Crippen LogP contribution >= 0.6 is 23.2 Å². The van der Waals surface area contributed by atoms with Crippen LogP contribution < -0.4 is 19.7 Å². The average Bonchev–Trinajstić information content (AvgIpc) is 3.27. The number of nitrogens with one attached hydrogen (secondary N) is 2. The minimum absolute atomic E-state index is 0.0628. The molecular weight excluding hydrogens is 487 g/mol. The van der Waals surface area contributed by atoms with Crippen molar-refractivity contribution < 1.29 is 14.3 Å². The summed E-state index contributed by atoms with van der Waals surface area (Å²) in [5, 5.41) is 11.8. The quantitative estimate of drug-likeness (QED) is 0.385. The molecule has 0 spiro atoms. The molecule has 0 radical (unpaired) electrons. The molecule has 0 saturated heterocycles. The van der Waals surface area contributed by atoms with Crippen LogP contribution in [-0.2, 0) is 17.6 Å². The monoisotopic (exact) mass is 514 g/mol. The molecule has 0 fully saturated rings. The van der Waals surface area contributed by atoms with Crippen LogP contribution in [0.1, 0.15) is 29.2 Å². The number of aromatic amines is 1. The van der Waals surface area contributed by atoms with Gasteiger partial charge in [0.2, 0.25) is 5.91 Å². The molecule has 35 heavy (non-hydrogen) atoms. The normalized spacial score (nSPS) is 14.7. The predicted molar refractivity (Wildman–Crippen MR) is 142 cm³/mol. The Morgan fingerprint density at radius 1 is 1.20 bits per heavy atom. The van der Waals surface area contributed by atoms with Gasteiger partial charge < -0.3 is 19.7 Å². The van der Waals surface area contributed by atoms with Crippen molar-refractivity contribution >= 4 is 40.5 Å². The highest BCUT2D eigenvalue weighted by Gasteiger charge is 2.31. The summed E-state index contributed by atoms with van der Waals surface area (Å²) < 4.78 is 10.9. The van der Waals surface area contributed by atoms with Crippen LogP contribution in [-0.4, -0.2) is 44.4 Å². The Labute approximate surface area is 215 Å². The highest BCUT2D eigenvalue weighted by molar-refractivity contribution is 6.38. The number of hydrogen-bond donors (Lipinski definition) is 2. The molecule has 0 saturated carbocycles. The van der Waals surface area contributed by atoms with E-state index in [9.17, 15) is 4.79 Å². The first-order valence-corrected chi connectivity index (χ1v) is 12.0. The molecule has 1 unspecified atom stereocenters. The van der Waals surface area contributed by atoms with Gasteiger partial charge in [0, 0.05) is 48.2 Å². The number of halogens is 2. The molecule has 1 heterocycles. The maximum absolute atomic E-state index is 12.1. The number of hydrogen-bond acceptors (Lipinski definition) is 5. The van der Waals surface area contributed by atoms with Crippen LogP contribution in [0.25, 0.3) is 11.3 Å². The van der Waals surface area contributed by atoms with E-state index in [1.807, 2.05) is 37.2 Å². The summed E-state index contributed by atoms with van der Waals surface area (Å²) in [4.78, 5) is 14.1. The molecule has 0 bridgehead atoms. The third-order valence-electron chi connectivity index (χ3n) is 6.38. The van der Waals surface area contributed by atoms with Crippen LogP contribution in [0.5, 0.6) is 11.5 Å². The van der Waals surface area contributed by atoms with Gasteiger partial charge in [0.25, 0.3) is 0 Å². The second-order valence-corrected chi connectivity index (χ2v) is 9.37. The van der Waals surface area contributed by atoms with Gasteiger partial charge in [0.1, 0.15) is 11.5 Å². The first-order chi connectivity index (χ1) is 16.8. The Morgan fingerprint density at radius 2 is 1.89 bits per heavy atom. The third-order valence-corrected chi connectivity index (χ3v) is 7.16. The lowest BCUT2D eigenvalue weighted by Gasteiger charge is -2.26. The zero-order valence-electron chi connectivity index (χ0n) is 20.2. The number of nitrogens with zero attached hydrogens (tertiary/aromatic N) is 2. The lowest BCUT2D eigenvalue weighted by Crippen LogP contribution is -2.15. The van der Waals surface area contributed by atoms with Crippen molar-refractivity contribution in [2.45, 2.75) is 25.2 Å². The number of amides is 1. The molecule has 3 aromatic rings. The molecule has 1 aliphatic carbocycles. The molecule has 2 N–H and O–H groups in total. The number of aromatic nitrogens is 2. The van der Waals surface area contributed by atoms with Gasteiger partial charge in [-0.25, -0.2) is 0 Å². The molecule has 7 nitrogen and oxygen atoms in total. The second kappa shape index (κ2) is 10.2. The van der Waals surface area contributed by atoms with E-state index in [1.165, 1.54) is 6.08 Å². The zero-order chi connectivity index (χ0) is 25.3. The molecule has 2 aromatic carbocycles. The molecule has 184 valence electrons. The second-order valence-electron chi connectivity index (χ2n) is 8.61. The fraction of sp³-hybridized carbons (Fsp3) is 0.308. The summed E-state index contributed by atoms with van der Waals surface area (Å²) in [6.45, 7) is 3.56. The van der Waals surface area contributed by atoms with Crippen LogP contribution in [0.3, 0.4) is 0 Å². The largest absolute Gasteiger partial charge is 0.495 e. The summed E-state index contributed by atoms with van der Waals surface area (Å²) in [5.41, 5.74) is 6.31. The van der Waals surface area contributed by atoms with Gasteiger partial charge in [0.05, 0.1) is 35.6 Å². The van der Waals surface area contributed by atoms with Gasteiger partial charge >= 0.3 is 0 Å². The van der Waals surface area contributed by atoms with Gasteiger partial charge in [-0.05, 0) is 49.5 Å². The van der Waals surface area contributed by atoms with Crippen LogP contribution in [0.15, 0.2) is 36.9 Å². The van der Waals surface area contributed by atoms with Crippen molar-refractivity contribution in [1.29, 1.82) is 0 Å². The summed E-state index contributed by atoms with van der Waals surface area (Å²) in [6.07, 6.45) is 3.51. The number of H-pyrrole nitrogens is 1. The molecule has 1 aromatic heterocycles. The fourth-order valence-electron chi connectivity index (χ4n) is 4.54. The summed E-state index contributed by atoms with van der Waals surface area (Å²) >= 11 is 13.4. The molecule has 1 atom stereocenters. The van der Waals surface area contributed by atoms with E-state index >= 15 is 0 Å². The van der Waals surface area contributed by atoms with Gasteiger partial charge in [0.15, 0.2) is 0 Å². The van der Waals surface area contributed by atoms with Gasteiger partial charge in [-0.3, -0.25) is 9.89 Å². The highest BCUT2D eigenvalue weighted by Crippen LogP contribution is 2.48. The van der Waals surface area contributed by atoms with E-state index < -0.39 is 0 Å². The molecule has 0 aliphatic heterocycles. The van der Waals surface area contributed by atoms with E-state index in [2.05, 4.69) is 22.1 Å². The minimum atomic E-state index is -0.274. The van der Waals surface area contributed by atoms with Crippen LogP contribution in [0.2, 0.25) is 10.0 Å². The number of carbonyl (C=O) groups is 1. The maximum atomic E-state index is 12.1. The predicted octanol–water partition coefficient (Wildman–Crippen LogP) is 5.86. The van der Waals surface area contributed by atoms with Crippen LogP contribution in [0, 0.1) is 0 Å². The average molecular weight is 515 g/mol. The lowest BCUT2D eigenvalue weighted by molar-refractivity contribution is -0.111. The van der Waals surface area contributed by atoms with Gasteiger partial charge in [-0.1, -0.05) is 29.8 Å². The van der Waals surface area contributed by atoms with Gasteiger partial charge in [-0.15, -0.1) is 0 Å². The first-order valence-electron chi connectivity index (χ1n) is 11.2. The van der Waals surface area contributed by atoms with Crippen molar-refractivity contribution in [3.8, 4) is 22.8 Å². The molecule has 1 amide bonds. The number of fused-ring (bicyclic) bond motifs is 1. The Morgan fingerprint density at radius 3 is 2.49 bits per heavy atom. The minimum Gasteiger partial charge on any atom is -0.495 e. The number of ether oxygens (including phenoxy) is 2. The number of carbonyl (C=O) groups excluding carboxylic acids is 1. The SMILES string of the molecule is C=CC(=O)Nc1ccc(N(C)C)cc1-c1n[nH]c2c1CCC(c1c(Cl)c(OC)cc(OC)c1Cl)C2. The van der Waals surface area contributed by atoms with E-state index in [0.29, 0.717) is 33.7 Å². The Bertz CT molecular complexity index is 1260.